The Balaban J connectivity index is 2.57. The molecule has 0 spiro atoms. The SMILES string of the molecule is Cc1nn(-c2ccc(Br)cn2)c(C)c1C(=O)O. The Bertz CT molecular complexity index is 575. The molecule has 0 atom stereocenters. The van der Waals surface area contributed by atoms with E-state index in [2.05, 4.69) is 26.0 Å². The average molecular weight is 296 g/mol. The van der Waals surface area contributed by atoms with Crippen molar-refractivity contribution in [3.8, 4) is 5.82 Å². The number of hydrogen-bond acceptors (Lipinski definition) is 3. The first-order chi connectivity index (χ1) is 8.00. The van der Waals surface area contributed by atoms with Crippen LogP contribution in [0.15, 0.2) is 22.8 Å². The lowest BCUT2D eigenvalue weighted by Crippen LogP contribution is -2.03. The fourth-order valence-electron chi connectivity index (χ4n) is 1.67. The maximum absolute atomic E-state index is 11.1. The minimum Gasteiger partial charge on any atom is -0.478 e. The maximum atomic E-state index is 11.1. The van der Waals surface area contributed by atoms with Crippen LogP contribution in [0, 0.1) is 13.8 Å². The highest BCUT2D eigenvalue weighted by Gasteiger charge is 2.18. The largest absolute Gasteiger partial charge is 0.478 e. The Hall–Kier alpha value is -1.69. The summed E-state index contributed by atoms with van der Waals surface area (Å²) >= 11 is 3.29. The third kappa shape index (κ3) is 2.08. The van der Waals surface area contributed by atoms with Crippen LogP contribution in [0.3, 0.4) is 0 Å². The second-order valence-corrected chi connectivity index (χ2v) is 4.51. The fourth-order valence-corrected chi connectivity index (χ4v) is 1.90. The van der Waals surface area contributed by atoms with Crippen LogP contribution in [0.5, 0.6) is 0 Å². The molecule has 0 unspecified atom stereocenters. The Kier molecular flexibility index (Phi) is 2.97. The summed E-state index contributed by atoms with van der Waals surface area (Å²) in [4.78, 5) is 15.2. The summed E-state index contributed by atoms with van der Waals surface area (Å²) in [6, 6.07) is 3.61. The van der Waals surface area contributed by atoms with Crippen LogP contribution < -0.4 is 0 Å². The van der Waals surface area contributed by atoms with Gasteiger partial charge in [-0.3, -0.25) is 0 Å². The van der Waals surface area contributed by atoms with Gasteiger partial charge in [-0.1, -0.05) is 0 Å². The van der Waals surface area contributed by atoms with E-state index in [9.17, 15) is 4.79 Å². The normalized spacial score (nSPS) is 10.5. The predicted molar refractivity (Wildman–Crippen MR) is 65.5 cm³/mol. The molecule has 0 bridgehead atoms. The van der Waals surface area contributed by atoms with Crippen molar-refractivity contribution in [1.82, 2.24) is 14.8 Å². The first-order valence-corrected chi connectivity index (χ1v) is 5.71. The Morgan fingerprint density at radius 1 is 1.41 bits per heavy atom. The van der Waals surface area contributed by atoms with Gasteiger partial charge in [-0.05, 0) is 41.9 Å². The lowest BCUT2D eigenvalue weighted by molar-refractivity contribution is 0.0695. The van der Waals surface area contributed by atoms with Crippen molar-refractivity contribution in [3.63, 3.8) is 0 Å². The molecule has 6 heteroatoms. The lowest BCUT2D eigenvalue weighted by Gasteiger charge is -2.03. The highest BCUT2D eigenvalue weighted by molar-refractivity contribution is 9.10. The highest BCUT2D eigenvalue weighted by Crippen LogP contribution is 2.17. The van der Waals surface area contributed by atoms with Crippen molar-refractivity contribution in [3.05, 3.63) is 39.8 Å². The zero-order chi connectivity index (χ0) is 12.6. The zero-order valence-corrected chi connectivity index (χ0v) is 10.9. The summed E-state index contributed by atoms with van der Waals surface area (Å²) in [5.41, 5.74) is 1.29. The fraction of sp³-hybridized carbons (Fsp3) is 0.182. The summed E-state index contributed by atoms with van der Waals surface area (Å²) in [5, 5.41) is 13.3. The molecule has 2 aromatic rings. The van der Waals surface area contributed by atoms with Crippen molar-refractivity contribution in [1.29, 1.82) is 0 Å². The maximum Gasteiger partial charge on any atom is 0.339 e. The predicted octanol–water partition coefficient (Wildman–Crippen LogP) is 2.34. The van der Waals surface area contributed by atoms with Crippen LogP contribution in [0.25, 0.3) is 5.82 Å². The molecule has 0 fully saturated rings. The van der Waals surface area contributed by atoms with E-state index < -0.39 is 5.97 Å². The minimum absolute atomic E-state index is 0.231. The van der Waals surface area contributed by atoms with Crippen molar-refractivity contribution in [2.45, 2.75) is 13.8 Å². The van der Waals surface area contributed by atoms with E-state index in [4.69, 9.17) is 5.11 Å². The van der Waals surface area contributed by atoms with Crippen LogP contribution in [-0.4, -0.2) is 25.8 Å². The molecule has 0 radical (unpaired) electrons. The molecule has 88 valence electrons. The van der Waals surface area contributed by atoms with E-state index in [0.29, 0.717) is 17.2 Å². The molecular weight excluding hydrogens is 286 g/mol. The lowest BCUT2D eigenvalue weighted by atomic mass is 10.2. The van der Waals surface area contributed by atoms with E-state index >= 15 is 0 Å². The van der Waals surface area contributed by atoms with Gasteiger partial charge in [-0.25, -0.2) is 14.5 Å². The van der Waals surface area contributed by atoms with Gasteiger partial charge in [0.15, 0.2) is 5.82 Å². The molecule has 5 nitrogen and oxygen atoms in total. The quantitative estimate of drug-likeness (QED) is 0.923. The van der Waals surface area contributed by atoms with Crippen LogP contribution in [0.1, 0.15) is 21.7 Å². The number of pyridine rings is 1. The number of hydrogen-bond donors (Lipinski definition) is 1. The van der Waals surface area contributed by atoms with Crippen molar-refractivity contribution >= 4 is 21.9 Å². The number of halogens is 1. The highest BCUT2D eigenvalue weighted by atomic mass is 79.9. The monoisotopic (exact) mass is 295 g/mol. The summed E-state index contributed by atoms with van der Waals surface area (Å²) in [7, 11) is 0. The molecular formula is C11H10BrN3O2. The molecule has 0 saturated heterocycles. The number of aromatic nitrogens is 3. The molecule has 17 heavy (non-hydrogen) atoms. The van der Waals surface area contributed by atoms with E-state index in [1.807, 2.05) is 6.07 Å². The van der Waals surface area contributed by atoms with Gasteiger partial charge in [0.05, 0.1) is 11.4 Å². The van der Waals surface area contributed by atoms with Gasteiger partial charge in [-0.15, -0.1) is 0 Å². The molecule has 0 aliphatic heterocycles. The first-order valence-electron chi connectivity index (χ1n) is 4.92. The molecule has 0 aliphatic carbocycles. The van der Waals surface area contributed by atoms with E-state index in [1.165, 1.54) is 4.68 Å². The van der Waals surface area contributed by atoms with Crippen LogP contribution in [-0.2, 0) is 0 Å². The van der Waals surface area contributed by atoms with Gasteiger partial charge >= 0.3 is 5.97 Å². The number of carboxylic acid groups (broad SMARTS) is 1. The van der Waals surface area contributed by atoms with Gasteiger partial charge in [-0.2, -0.15) is 5.10 Å². The number of carbonyl (C=O) groups is 1. The second-order valence-electron chi connectivity index (χ2n) is 3.60. The van der Waals surface area contributed by atoms with Crippen molar-refractivity contribution < 1.29 is 9.90 Å². The third-order valence-corrected chi connectivity index (χ3v) is 2.90. The van der Waals surface area contributed by atoms with Crippen LogP contribution in [0.4, 0.5) is 0 Å². The number of nitrogens with zero attached hydrogens (tertiary/aromatic N) is 3. The van der Waals surface area contributed by atoms with Crippen molar-refractivity contribution in [2.24, 2.45) is 0 Å². The first kappa shape index (κ1) is 11.8. The van der Waals surface area contributed by atoms with Crippen LogP contribution in [0.2, 0.25) is 0 Å². The molecule has 2 heterocycles. The molecule has 0 amide bonds. The third-order valence-electron chi connectivity index (χ3n) is 2.43. The molecule has 1 N–H and O–H groups in total. The number of aryl methyl sites for hydroxylation is 1. The summed E-state index contributed by atoms with van der Waals surface area (Å²) in [5.74, 6) is -0.371. The van der Waals surface area contributed by atoms with Gasteiger partial charge in [0.1, 0.15) is 5.56 Å². The molecule has 0 saturated carbocycles. The zero-order valence-electron chi connectivity index (χ0n) is 9.31. The number of carboxylic acids is 1. The molecule has 0 aliphatic rings. The summed E-state index contributed by atoms with van der Waals surface area (Å²) in [6.45, 7) is 3.39. The Morgan fingerprint density at radius 3 is 2.59 bits per heavy atom. The Morgan fingerprint density at radius 2 is 2.12 bits per heavy atom. The topological polar surface area (TPSA) is 68.0 Å². The van der Waals surface area contributed by atoms with Gasteiger partial charge in [0.2, 0.25) is 0 Å². The van der Waals surface area contributed by atoms with E-state index in [-0.39, 0.29) is 5.56 Å². The van der Waals surface area contributed by atoms with Gasteiger partial charge < -0.3 is 5.11 Å². The smallest absolute Gasteiger partial charge is 0.339 e. The minimum atomic E-state index is -0.969. The van der Waals surface area contributed by atoms with E-state index in [1.54, 1.807) is 26.1 Å². The molecule has 2 rings (SSSR count). The standard InChI is InChI=1S/C11H10BrN3O2/c1-6-10(11(16)17)7(2)15(14-6)9-4-3-8(12)5-13-9/h3-5H,1-2H3,(H,16,17). The molecule has 0 aromatic carbocycles. The number of rotatable bonds is 2. The molecule has 2 aromatic heterocycles. The summed E-state index contributed by atoms with van der Waals surface area (Å²) in [6.07, 6.45) is 1.65. The van der Waals surface area contributed by atoms with Gasteiger partial charge in [0.25, 0.3) is 0 Å². The Labute approximate surface area is 106 Å². The van der Waals surface area contributed by atoms with Crippen molar-refractivity contribution in [2.75, 3.05) is 0 Å². The average Bonchev–Trinajstić information content (AvgIpc) is 2.55. The van der Waals surface area contributed by atoms with Crippen LogP contribution >= 0.6 is 15.9 Å². The van der Waals surface area contributed by atoms with E-state index in [0.717, 1.165) is 4.47 Å². The van der Waals surface area contributed by atoms with Gasteiger partial charge in [0, 0.05) is 10.7 Å². The summed E-state index contributed by atoms with van der Waals surface area (Å²) < 4.78 is 2.40. The second kappa shape index (κ2) is 4.29. The number of aromatic carboxylic acids is 1.